The maximum atomic E-state index is 12.7. The number of para-hydroxylation sites is 1. The molecule has 1 aliphatic heterocycles. The molecular formula is C18H23N3O2. The summed E-state index contributed by atoms with van der Waals surface area (Å²) in [6, 6.07) is 5.84. The second-order valence-corrected chi connectivity index (χ2v) is 6.42. The van der Waals surface area contributed by atoms with Crippen LogP contribution in [0, 0.1) is 13.8 Å². The molecule has 122 valence electrons. The molecule has 2 amide bonds. The number of hydrogen-bond donors (Lipinski definition) is 2. The summed E-state index contributed by atoms with van der Waals surface area (Å²) in [5.74, 6) is 0.0818. The molecule has 1 unspecified atom stereocenters. The number of hydrogen-bond acceptors (Lipinski definition) is 2. The van der Waals surface area contributed by atoms with Gasteiger partial charge < -0.3 is 15.2 Å². The van der Waals surface area contributed by atoms with Gasteiger partial charge in [-0.1, -0.05) is 12.1 Å². The van der Waals surface area contributed by atoms with Crippen LogP contribution in [0.5, 0.6) is 0 Å². The summed E-state index contributed by atoms with van der Waals surface area (Å²) in [6.07, 6.45) is 1.99. The number of aromatic nitrogens is 1. The number of nitrogens with zero attached hydrogens (tertiary/aromatic N) is 1. The molecule has 1 fully saturated rings. The van der Waals surface area contributed by atoms with Crippen molar-refractivity contribution in [3.8, 4) is 0 Å². The molecule has 0 bridgehead atoms. The fourth-order valence-electron chi connectivity index (χ4n) is 3.19. The van der Waals surface area contributed by atoms with E-state index in [2.05, 4.69) is 17.2 Å². The quantitative estimate of drug-likeness (QED) is 0.895. The van der Waals surface area contributed by atoms with E-state index >= 15 is 0 Å². The topological polar surface area (TPSA) is 65.2 Å². The zero-order chi connectivity index (χ0) is 16.6. The Balaban J connectivity index is 1.81. The van der Waals surface area contributed by atoms with Gasteiger partial charge in [0.1, 0.15) is 0 Å². The van der Waals surface area contributed by atoms with Gasteiger partial charge in [-0.25, -0.2) is 0 Å². The van der Waals surface area contributed by atoms with Gasteiger partial charge in [-0.05, 0) is 38.3 Å². The summed E-state index contributed by atoms with van der Waals surface area (Å²) in [4.78, 5) is 29.5. The summed E-state index contributed by atoms with van der Waals surface area (Å²) >= 11 is 0. The van der Waals surface area contributed by atoms with Crippen molar-refractivity contribution in [3.63, 3.8) is 0 Å². The number of nitrogens with one attached hydrogen (secondary N) is 2. The first-order chi connectivity index (χ1) is 11.0. The number of rotatable bonds is 2. The average molecular weight is 313 g/mol. The molecule has 5 heteroatoms. The molecule has 3 rings (SSSR count). The Bertz CT molecular complexity index is 763. The Morgan fingerprint density at radius 2 is 2.09 bits per heavy atom. The molecular weight excluding hydrogens is 290 g/mol. The highest BCUT2D eigenvalue weighted by molar-refractivity contribution is 6.06. The average Bonchev–Trinajstić information content (AvgIpc) is 2.74. The van der Waals surface area contributed by atoms with Crippen molar-refractivity contribution in [1.82, 2.24) is 15.2 Å². The van der Waals surface area contributed by atoms with Crippen molar-refractivity contribution >= 4 is 22.7 Å². The third-order valence-electron chi connectivity index (χ3n) is 4.87. The van der Waals surface area contributed by atoms with Gasteiger partial charge in [0.05, 0.1) is 11.1 Å². The van der Waals surface area contributed by atoms with Crippen molar-refractivity contribution in [2.75, 3.05) is 13.6 Å². The zero-order valence-electron chi connectivity index (χ0n) is 13.9. The fourth-order valence-corrected chi connectivity index (χ4v) is 3.19. The van der Waals surface area contributed by atoms with Crippen LogP contribution in [0.4, 0.5) is 0 Å². The SMILES string of the molecule is Cc1[nH]c2c(C(=O)NC3CCC(=O)N(C)CC3)cccc2c1C. The van der Waals surface area contributed by atoms with Crippen molar-refractivity contribution in [2.45, 2.75) is 39.2 Å². The van der Waals surface area contributed by atoms with Crippen molar-refractivity contribution in [3.05, 3.63) is 35.0 Å². The molecule has 0 radical (unpaired) electrons. The fraction of sp³-hybridized carbons (Fsp3) is 0.444. The summed E-state index contributed by atoms with van der Waals surface area (Å²) in [7, 11) is 1.82. The van der Waals surface area contributed by atoms with E-state index in [1.807, 2.05) is 32.2 Å². The number of carbonyl (C=O) groups is 2. The minimum atomic E-state index is -0.0705. The van der Waals surface area contributed by atoms with Crippen LogP contribution in [-0.4, -0.2) is 41.3 Å². The van der Waals surface area contributed by atoms with Crippen LogP contribution in [-0.2, 0) is 4.79 Å². The molecule has 1 saturated heterocycles. The van der Waals surface area contributed by atoms with E-state index in [0.29, 0.717) is 24.9 Å². The van der Waals surface area contributed by atoms with Crippen molar-refractivity contribution in [2.24, 2.45) is 0 Å². The van der Waals surface area contributed by atoms with Gasteiger partial charge in [0.2, 0.25) is 5.91 Å². The Kier molecular flexibility index (Phi) is 4.11. The minimum absolute atomic E-state index is 0.0452. The monoisotopic (exact) mass is 313 g/mol. The van der Waals surface area contributed by atoms with Crippen LogP contribution in [0.2, 0.25) is 0 Å². The second-order valence-electron chi connectivity index (χ2n) is 6.42. The standard InChI is InChI=1S/C18H23N3O2/c1-11-12(2)19-17-14(11)5-4-6-15(17)18(23)20-13-7-8-16(22)21(3)10-9-13/h4-6,13,19H,7-10H2,1-3H3,(H,20,23). The van der Waals surface area contributed by atoms with E-state index in [4.69, 9.17) is 0 Å². The normalized spacial score (nSPS) is 19.0. The Hall–Kier alpha value is -2.30. The molecule has 2 N–H and O–H groups in total. The first-order valence-electron chi connectivity index (χ1n) is 8.10. The van der Waals surface area contributed by atoms with Crippen LogP contribution in [0.25, 0.3) is 10.9 Å². The number of benzene rings is 1. The highest BCUT2D eigenvalue weighted by atomic mass is 16.2. The highest BCUT2D eigenvalue weighted by Crippen LogP contribution is 2.24. The third kappa shape index (κ3) is 2.96. The molecule has 23 heavy (non-hydrogen) atoms. The van der Waals surface area contributed by atoms with Gasteiger partial charge in [-0.15, -0.1) is 0 Å². The molecule has 2 heterocycles. The number of amides is 2. The molecule has 2 aromatic rings. The number of H-pyrrole nitrogens is 1. The van der Waals surface area contributed by atoms with Gasteiger partial charge in [0.25, 0.3) is 5.91 Å². The summed E-state index contributed by atoms with van der Waals surface area (Å²) in [6.45, 7) is 4.76. The molecule has 5 nitrogen and oxygen atoms in total. The predicted octanol–water partition coefficient (Wildman–Crippen LogP) is 2.53. The van der Waals surface area contributed by atoms with Crippen molar-refractivity contribution in [1.29, 1.82) is 0 Å². The van der Waals surface area contributed by atoms with Crippen LogP contribution >= 0.6 is 0 Å². The summed E-state index contributed by atoms with van der Waals surface area (Å²) in [5.41, 5.74) is 3.82. The highest BCUT2D eigenvalue weighted by Gasteiger charge is 2.22. The van der Waals surface area contributed by atoms with Gasteiger partial charge in [-0.2, -0.15) is 0 Å². The Morgan fingerprint density at radius 3 is 2.87 bits per heavy atom. The van der Waals surface area contributed by atoms with Gasteiger partial charge in [0, 0.05) is 37.1 Å². The zero-order valence-corrected chi connectivity index (χ0v) is 13.9. The van der Waals surface area contributed by atoms with Crippen LogP contribution in [0.1, 0.15) is 40.9 Å². The molecule has 0 spiro atoms. The lowest BCUT2D eigenvalue weighted by atomic mass is 10.1. The number of likely N-dealkylation sites (tertiary alicyclic amines) is 1. The van der Waals surface area contributed by atoms with E-state index in [1.165, 1.54) is 5.56 Å². The third-order valence-corrected chi connectivity index (χ3v) is 4.87. The number of carbonyl (C=O) groups excluding carboxylic acids is 2. The lowest BCUT2D eigenvalue weighted by Gasteiger charge is -2.17. The Morgan fingerprint density at radius 1 is 1.30 bits per heavy atom. The summed E-state index contributed by atoms with van der Waals surface area (Å²) < 4.78 is 0. The Labute approximate surface area is 136 Å². The van der Waals surface area contributed by atoms with Crippen LogP contribution < -0.4 is 5.32 Å². The number of aromatic amines is 1. The van der Waals surface area contributed by atoms with Crippen LogP contribution in [0.3, 0.4) is 0 Å². The molecule has 1 aliphatic rings. The summed E-state index contributed by atoms with van der Waals surface area (Å²) in [5, 5.41) is 4.19. The first kappa shape index (κ1) is 15.6. The minimum Gasteiger partial charge on any atom is -0.358 e. The second kappa shape index (κ2) is 6.07. The van der Waals surface area contributed by atoms with Gasteiger partial charge >= 0.3 is 0 Å². The van der Waals surface area contributed by atoms with Gasteiger partial charge in [0.15, 0.2) is 0 Å². The van der Waals surface area contributed by atoms with E-state index in [0.717, 1.165) is 23.0 Å². The molecule has 1 aromatic carbocycles. The van der Waals surface area contributed by atoms with Crippen LogP contribution in [0.15, 0.2) is 18.2 Å². The maximum Gasteiger partial charge on any atom is 0.253 e. The largest absolute Gasteiger partial charge is 0.358 e. The van der Waals surface area contributed by atoms with Gasteiger partial charge in [-0.3, -0.25) is 9.59 Å². The van der Waals surface area contributed by atoms with E-state index < -0.39 is 0 Å². The number of fused-ring (bicyclic) bond motifs is 1. The molecule has 1 aromatic heterocycles. The molecule has 1 atom stereocenters. The lowest BCUT2D eigenvalue weighted by molar-refractivity contribution is -0.129. The smallest absolute Gasteiger partial charge is 0.253 e. The van der Waals surface area contributed by atoms with E-state index in [1.54, 1.807) is 4.90 Å². The van der Waals surface area contributed by atoms with E-state index in [9.17, 15) is 9.59 Å². The molecule has 0 saturated carbocycles. The lowest BCUT2D eigenvalue weighted by Crippen LogP contribution is -2.35. The predicted molar refractivity (Wildman–Crippen MR) is 90.5 cm³/mol. The first-order valence-corrected chi connectivity index (χ1v) is 8.10. The maximum absolute atomic E-state index is 12.7. The van der Waals surface area contributed by atoms with E-state index in [-0.39, 0.29) is 17.9 Å². The van der Waals surface area contributed by atoms with Crippen molar-refractivity contribution < 1.29 is 9.59 Å². The molecule has 0 aliphatic carbocycles. The number of aryl methyl sites for hydroxylation is 2.